The van der Waals surface area contributed by atoms with Crippen molar-refractivity contribution < 1.29 is 4.74 Å². The molecule has 158 valence electrons. The third kappa shape index (κ3) is 7.00. The van der Waals surface area contributed by atoms with Gasteiger partial charge in [0.15, 0.2) is 0 Å². The highest BCUT2D eigenvalue weighted by atomic mass is 16.5. The van der Waals surface area contributed by atoms with Crippen molar-refractivity contribution in [2.75, 3.05) is 46.4 Å². The Kier molecular flexibility index (Phi) is 9.92. The van der Waals surface area contributed by atoms with Crippen LogP contribution < -0.4 is 5.32 Å². The molecule has 3 aliphatic rings. The van der Waals surface area contributed by atoms with Crippen molar-refractivity contribution in [2.45, 2.75) is 26.7 Å². The van der Waals surface area contributed by atoms with Gasteiger partial charge in [0.1, 0.15) is 0 Å². The van der Waals surface area contributed by atoms with Gasteiger partial charge in [-0.3, -0.25) is 4.90 Å². The van der Waals surface area contributed by atoms with Crippen LogP contribution in [0.4, 0.5) is 0 Å². The van der Waals surface area contributed by atoms with Gasteiger partial charge in [-0.25, -0.2) is 0 Å². The normalized spacial score (nSPS) is 20.4. The first-order valence-corrected chi connectivity index (χ1v) is 10.6. The lowest BCUT2D eigenvalue weighted by molar-refractivity contribution is 0.0403. The van der Waals surface area contributed by atoms with E-state index >= 15 is 0 Å². The van der Waals surface area contributed by atoms with Gasteiger partial charge < -0.3 is 15.0 Å². The molecular weight excluding hydrogens is 358 g/mol. The van der Waals surface area contributed by atoms with Crippen molar-refractivity contribution in [3.8, 4) is 0 Å². The lowest BCUT2D eigenvalue weighted by Gasteiger charge is -2.34. The molecule has 1 saturated heterocycles. The van der Waals surface area contributed by atoms with Gasteiger partial charge >= 0.3 is 0 Å². The lowest BCUT2D eigenvalue weighted by atomic mass is 9.97. The Bertz CT molecular complexity index is 716. The summed E-state index contributed by atoms with van der Waals surface area (Å²) < 4.78 is 5.48. The fourth-order valence-electron chi connectivity index (χ4n) is 3.26. The average Bonchev–Trinajstić information content (AvgIpc) is 2.79. The quantitative estimate of drug-likeness (QED) is 0.668. The van der Waals surface area contributed by atoms with E-state index in [1.165, 1.54) is 22.4 Å². The molecule has 0 amide bonds. The standard InChI is InChI=1S/C22H28N2O.C3H9N/c1-4-18(2)22(17-23-12-14-25-15-13-23)24-16-21(11-10-19(24)3)20-8-6-5-7-9-20;1-3-4-2/h4,6,8-11,16H,1,3,5,7,12-15,17H2,2H3;4H,3H2,1-2H3/b22-18+;. The molecule has 2 aliphatic heterocycles. The Morgan fingerprint density at radius 1 is 1.17 bits per heavy atom. The largest absolute Gasteiger partial charge is 0.379 e. The van der Waals surface area contributed by atoms with Crippen LogP contribution in [0.5, 0.6) is 0 Å². The number of nitrogens with zero attached hydrogens (tertiary/aromatic N) is 2. The molecule has 1 aliphatic carbocycles. The third-order valence-electron chi connectivity index (χ3n) is 5.24. The van der Waals surface area contributed by atoms with Crippen molar-refractivity contribution >= 4 is 0 Å². The van der Waals surface area contributed by atoms with E-state index in [0.717, 1.165) is 57.9 Å². The number of hydrogen-bond donors (Lipinski definition) is 1. The molecule has 0 spiro atoms. The van der Waals surface area contributed by atoms with Gasteiger partial charge in [-0.1, -0.05) is 50.5 Å². The molecule has 0 aromatic heterocycles. The molecule has 0 atom stereocenters. The predicted molar refractivity (Wildman–Crippen MR) is 124 cm³/mol. The van der Waals surface area contributed by atoms with Crippen LogP contribution in [0.2, 0.25) is 0 Å². The average molecular weight is 396 g/mol. The molecule has 29 heavy (non-hydrogen) atoms. The summed E-state index contributed by atoms with van der Waals surface area (Å²) in [5.74, 6) is 0. The fourth-order valence-corrected chi connectivity index (χ4v) is 3.26. The zero-order valence-corrected chi connectivity index (χ0v) is 18.4. The second kappa shape index (κ2) is 12.4. The van der Waals surface area contributed by atoms with E-state index in [0.29, 0.717) is 0 Å². The first-order chi connectivity index (χ1) is 14.1. The Labute approximate surface area is 177 Å². The van der Waals surface area contributed by atoms with Gasteiger partial charge in [0.25, 0.3) is 0 Å². The van der Waals surface area contributed by atoms with Crippen LogP contribution in [0, 0.1) is 0 Å². The molecular formula is C25H37N3O. The molecule has 2 heterocycles. The summed E-state index contributed by atoms with van der Waals surface area (Å²) in [5, 5.41) is 2.93. The van der Waals surface area contributed by atoms with Crippen LogP contribution in [0.15, 0.2) is 83.9 Å². The maximum absolute atomic E-state index is 5.48. The van der Waals surface area contributed by atoms with E-state index in [-0.39, 0.29) is 0 Å². The Hall–Kier alpha value is -2.14. The summed E-state index contributed by atoms with van der Waals surface area (Å²) in [6.07, 6.45) is 17.4. The van der Waals surface area contributed by atoms with E-state index in [1.807, 2.05) is 13.1 Å². The predicted octanol–water partition coefficient (Wildman–Crippen LogP) is 4.55. The van der Waals surface area contributed by atoms with Crippen LogP contribution in [0.1, 0.15) is 26.7 Å². The van der Waals surface area contributed by atoms with Crippen molar-refractivity contribution in [2.24, 2.45) is 0 Å². The summed E-state index contributed by atoms with van der Waals surface area (Å²) in [6.45, 7) is 17.9. The molecule has 0 unspecified atom stereocenters. The molecule has 0 saturated carbocycles. The highest BCUT2D eigenvalue weighted by Gasteiger charge is 2.20. The Balaban J connectivity index is 0.000000687. The number of morpholine rings is 1. The van der Waals surface area contributed by atoms with Gasteiger partial charge in [0.2, 0.25) is 0 Å². The second-order valence-electron chi connectivity index (χ2n) is 7.35. The van der Waals surface area contributed by atoms with Crippen LogP contribution in [-0.4, -0.2) is 56.2 Å². The van der Waals surface area contributed by atoms with Crippen molar-refractivity contribution in [1.29, 1.82) is 0 Å². The van der Waals surface area contributed by atoms with E-state index in [1.54, 1.807) is 0 Å². The van der Waals surface area contributed by atoms with Crippen LogP contribution >= 0.6 is 0 Å². The summed E-state index contributed by atoms with van der Waals surface area (Å²) in [4.78, 5) is 4.66. The first-order valence-electron chi connectivity index (χ1n) is 10.6. The minimum Gasteiger partial charge on any atom is -0.379 e. The summed E-state index contributed by atoms with van der Waals surface area (Å²) in [7, 11) is 1.93. The van der Waals surface area contributed by atoms with Crippen LogP contribution in [0.3, 0.4) is 0 Å². The minimum absolute atomic E-state index is 0.806. The summed E-state index contributed by atoms with van der Waals surface area (Å²) >= 11 is 0. The maximum atomic E-state index is 5.48. The summed E-state index contributed by atoms with van der Waals surface area (Å²) in [5.41, 5.74) is 5.95. The molecule has 0 bridgehead atoms. The maximum Gasteiger partial charge on any atom is 0.0594 e. The summed E-state index contributed by atoms with van der Waals surface area (Å²) in [6, 6.07) is 0. The minimum atomic E-state index is 0.806. The van der Waals surface area contributed by atoms with Gasteiger partial charge in [-0.15, -0.1) is 0 Å². The molecule has 3 rings (SSSR count). The highest BCUT2D eigenvalue weighted by Crippen LogP contribution is 2.29. The molecule has 0 radical (unpaired) electrons. The molecule has 4 nitrogen and oxygen atoms in total. The van der Waals surface area contributed by atoms with E-state index < -0.39 is 0 Å². The molecule has 1 fully saturated rings. The molecule has 0 aromatic rings. The van der Waals surface area contributed by atoms with Crippen molar-refractivity contribution in [3.63, 3.8) is 0 Å². The zero-order valence-electron chi connectivity index (χ0n) is 18.4. The van der Waals surface area contributed by atoms with Gasteiger partial charge in [0, 0.05) is 37.2 Å². The van der Waals surface area contributed by atoms with E-state index in [4.69, 9.17) is 4.74 Å². The Morgan fingerprint density at radius 3 is 2.48 bits per heavy atom. The van der Waals surface area contributed by atoms with Gasteiger partial charge in [0.05, 0.1) is 13.2 Å². The Morgan fingerprint density at radius 2 is 1.90 bits per heavy atom. The number of hydrogen-bond acceptors (Lipinski definition) is 4. The van der Waals surface area contributed by atoms with Crippen molar-refractivity contribution in [1.82, 2.24) is 15.1 Å². The molecule has 0 aromatic carbocycles. The monoisotopic (exact) mass is 395 g/mol. The number of nitrogens with one attached hydrogen (secondary N) is 1. The molecule has 4 heteroatoms. The van der Waals surface area contributed by atoms with Gasteiger partial charge in [-0.2, -0.15) is 0 Å². The smallest absolute Gasteiger partial charge is 0.0594 e. The van der Waals surface area contributed by atoms with E-state index in [2.05, 4.69) is 78.7 Å². The second-order valence-corrected chi connectivity index (χ2v) is 7.35. The van der Waals surface area contributed by atoms with E-state index in [9.17, 15) is 0 Å². The van der Waals surface area contributed by atoms with Crippen LogP contribution in [0.25, 0.3) is 0 Å². The molecule has 1 N–H and O–H groups in total. The zero-order chi connectivity index (χ0) is 21.1. The number of ether oxygens (including phenoxy) is 1. The SMILES string of the molecule is C=C/C(C)=C(\CN1CCOCC1)N1C=C(C2=CCCC=C2)C=CC1=C.CCNC. The third-order valence-corrected chi connectivity index (χ3v) is 5.24. The fraction of sp³-hybridized carbons (Fsp3) is 0.440. The topological polar surface area (TPSA) is 27.7 Å². The first kappa shape index (κ1) is 23.1. The van der Waals surface area contributed by atoms with Gasteiger partial charge in [-0.05, 0) is 56.2 Å². The lowest BCUT2D eigenvalue weighted by Crippen LogP contribution is -2.39. The van der Waals surface area contributed by atoms with Crippen LogP contribution in [-0.2, 0) is 4.74 Å². The van der Waals surface area contributed by atoms with Crippen molar-refractivity contribution in [3.05, 3.63) is 83.9 Å². The number of rotatable bonds is 6. The highest BCUT2D eigenvalue weighted by molar-refractivity contribution is 5.52. The number of allylic oxidation sites excluding steroid dienone is 9.